The Hall–Kier alpha value is -3.66. The molecule has 15 nitrogen and oxygen atoms in total. The number of aromatic nitrogens is 2. The Labute approximate surface area is 198 Å². The zero-order chi connectivity index (χ0) is 25.8. The maximum Gasteiger partial charge on any atom is 0.326 e. The minimum atomic E-state index is -1.52. The monoisotopic (exact) mass is 501 g/mol. The van der Waals surface area contributed by atoms with E-state index in [1.165, 1.54) is 12.5 Å². The molecule has 10 N–H and O–H groups in total. The highest BCUT2D eigenvalue weighted by atomic mass is 32.1. The van der Waals surface area contributed by atoms with Crippen LogP contribution in [0.15, 0.2) is 12.5 Å². The van der Waals surface area contributed by atoms with Gasteiger partial charge in [0.25, 0.3) is 0 Å². The number of carboxylic acids is 2. The van der Waals surface area contributed by atoms with Crippen molar-refractivity contribution in [2.45, 2.75) is 49.9 Å². The van der Waals surface area contributed by atoms with E-state index in [1.54, 1.807) is 0 Å². The van der Waals surface area contributed by atoms with Gasteiger partial charge in [-0.1, -0.05) is 0 Å². The van der Waals surface area contributed by atoms with E-state index in [0.717, 1.165) is 0 Å². The van der Waals surface area contributed by atoms with Crippen LogP contribution >= 0.6 is 12.6 Å². The normalized spacial score (nSPS) is 14.2. The highest BCUT2D eigenvalue weighted by molar-refractivity contribution is 7.80. The van der Waals surface area contributed by atoms with Gasteiger partial charge in [0.2, 0.25) is 23.6 Å². The van der Waals surface area contributed by atoms with E-state index in [-0.39, 0.29) is 12.2 Å². The number of aromatic amines is 1. The van der Waals surface area contributed by atoms with Gasteiger partial charge in [0.1, 0.15) is 18.1 Å². The number of aliphatic carboxylic acids is 2. The van der Waals surface area contributed by atoms with Crippen molar-refractivity contribution in [2.24, 2.45) is 11.5 Å². The van der Waals surface area contributed by atoms with Crippen molar-refractivity contribution < 1.29 is 39.0 Å². The fourth-order valence-electron chi connectivity index (χ4n) is 2.68. The second kappa shape index (κ2) is 13.8. The molecule has 4 atom stereocenters. The number of amides is 4. The number of thiol groups is 1. The number of hydrogen-bond donors (Lipinski definition) is 9. The second-order valence-electron chi connectivity index (χ2n) is 7.19. The molecule has 0 radical (unpaired) electrons. The van der Waals surface area contributed by atoms with Gasteiger partial charge in [0, 0.05) is 30.5 Å². The minimum absolute atomic E-state index is 0.0608. The molecule has 1 heterocycles. The molecule has 0 fully saturated rings. The number of nitrogens with one attached hydrogen (secondary N) is 4. The number of carbonyl (C=O) groups is 6. The number of carboxylic acid groups (broad SMARTS) is 2. The summed E-state index contributed by atoms with van der Waals surface area (Å²) in [5.74, 6) is -6.62. The van der Waals surface area contributed by atoms with Crippen LogP contribution in [0.25, 0.3) is 0 Å². The molecule has 0 aliphatic carbocycles. The minimum Gasteiger partial charge on any atom is -0.481 e. The summed E-state index contributed by atoms with van der Waals surface area (Å²) in [6, 6.07) is -5.47. The number of rotatable bonds is 15. The average molecular weight is 502 g/mol. The number of primary amides is 1. The first-order valence-electron chi connectivity index (χ1n) is 9.92. The predicted molar refractivity (Wildman–Crippen MR) is 118 cm³/mol. The van der Waals surface area contributed by atoms with Gasteiger partial charge in [0.15, 0.2) is 0 Å². The van der Waals surface area contributed by atoms with Crippen LogP contribution in [-0.4, -0.2) is 85.7 Å². The van der Waals surface area contributed by atoms with E-state index >= 15 is 0 Å². The molecule has 0 saturated heterocycles. The summed E-state index contributed by atoms with van der Waals surface area (Å²) in [5, 5.41) is 24.5. The number of hydrogen-bond acceptors (Lipinski definition) is 9. The Morgan fingerprint density at radius 1 is 1.00 bits per heavy atom. The lowest BCUT2D eigenvalue weighted by Crippen LogP contribution is -2.58. The Kier molecular flexibility index (Phi) is 11.5. The van der Waals surface area contributed by atoms with Crippen LogP contribution in [0.3, 0.4) is 0 Å². The number of carbonyl (C=O) groups excluding carboxylic acids is 4. The van der Waals surface area contributed by atoms with E-state index in [0.29, 0.717) is 5.69 Å². The van der Waals surface area contributed by atoms with E-state index < -0.39 is 79.0 Å². The lowest BCUT2D eigenvalue weighted by Gasteiger charge is -2.23. The van der Waals surface area contributed by atoms with Crippen LogP contribution in [0.2, 0.25) is 0 Å². The third-order valence-electron chi connectivity index (χ3n) is 4.45. The second-order valence-corrected chi connectivity index (χ2v) is 7.56. The van der Waals surface area contributed by atoms with E-state index in [9.17, 15) is 33.9 Å². The van der Waals surface area contributed by atoms with Crippen molar-refractivity contribution >= 4 is 48.2 Å². The molecule has 0 spiro atoms. The molecule has 0 aromatic carbocycles. The van der Waals surface area contributed by atoms with Crippen LogP contribution in [0, 0.1) is 0 Å². The number of nitrogens with two attached hydrogens (primary N) is 2. The van der Waals surface area contributed by atoms with Crippen molar-refractivity contribution in [3.63, 3.8) is 0 Å². The summed E-state index contributed by atoms with van der Waals surface area (Å²) in [6.07, 6.45) is 1.40. The van der Waals surface area contributed by atoms with Crippen LogP contribution < -0.4 is 27.4 Å². The zero-order valence-corrected chi connectivity index (χ0v) is 18.8. The van der Waals surface area contributed by atoms with Gasteiger partial charge in [0.05, 0.1) is 18.8 Å². The molecule has 4 amide bonds. The van der Waals surface area contributed by atoms with Crippen LogP contribution in [0.4, 0.5) is 0 Å². The molecule has 1 rings (SSSR count). The third-order valence-corrected chi connectivity index (χ3v) is 4.81. The van der Waals surface area contributed by atoms with Gasteiger partial charge in [-0.3, -0.25) is 24.0 Å². The highest BCUT2D eigenvalue weighted by Gasteiger charge is 2.30. The van der Waals surface area contributed by atoms with E-state index in [1.807, 2.05) is 0 Å². The largest absolute Gasteiger partial charge is 0.481 e. The predicted octanol–water partition coefficient (Wildman–Crippen LogP) is -3.51. The number of imidazole rings is 1. The smallest absolute Gasteiger partial charge is 0.326 e. The molecule has 0 saturated carbocycles. The summed E-state index contributed by atoms with van der Waals surface area (Å²) in [7, 11) is 0. The van der Waals surface area contributed by atoms with E-state index in [2.05, 4.69) is 38.5 Å². The quantitative estimate of drug-likeness (QED) is 0.107. The van der Waals surface area contributed by atoms with Gasteiger partial charge in [-0.15, -0.1) is 0 Å². The van der Waals surface area contributed by atoms with Gasteiger partial charge in [-0.2, -0.15) is 12.6 Å². The SMILES string of the molecule is NC(=O)CC(NC(=O)C(N)Cc1cnc[nH]1)C(=O)NC(CS)C(=O)NC(CCC(=O)O)C(=O)O. The molecular formula is C18H27N7O8S. The molecule has 34 heavy (non-hydrogen) atoms. The van der Waals surface area contributed by atoms with Crippen molar-refractivity contribution in [3.8, 4) is 0 Å². The molecule has 1 aromatic rings. The Morgan fingerprint density at radius 2 is 1.59 bits per heavy atom. The standard InChI is InChI=1S/C18H27N7O8S/c19-9(3-8-5-21-7-22-8)15(29)24-11(4-13(20)26)16(30)25-12(6-34)17(31)23-10(18(32)33)1-2-14(27)28/h5,7,9-12,34H,1-4,6,19H2,(H2,20,26)(H,21,22)(H,23,31)(H,24,29)(H,25,30)(H,27,28)(H,32,33). The molecule has 0 aliphatic rings. The molecule has 0 aliphatic heterocycles. The van der Waals surface area contributed by atoms with Crippen molar-refractivity contribution in [1.82, 2.24) is 25.9 Å². The van der Waals surface area contributed by atoms with Crippen LogP contribution in [0.1, 0.15) is 25.0 Å². The van der Waals surface area contributed by atoms with Gasteiger partial charge >= 0.3 is 11.9 Å². The van der Waals surface area contributed by atoms with Crippen molar-refractivity contribution in [3.05, 3.63) is 18.2 Å². The zero-order valence-electron chi connectivity index (χ0n) is 17.9. The fourth-order valence-corrected chi connectivity index (χ4v) is 2.94. The molecule has 188 valence electrons. The molecular weight excluding hydrogens is 474 g/mol. The van der Waals surface area contributed by atoms with Crippen LogP contribution in [-0.2, 0) is 35.2 Å². The van der Waals surface area contributed by atoms with E-state index in [4.69, 9.17) is 16.6 Å². The van der Waals surface area contributed by atoms with Crippen LogP contribution in [0.5, 0.6) is 0 Å². The molecule has 16 heteroatoms. The first-order valence-corrected chi connectivity index (χ1v) is 10.6. The molecule has 0 bridgehead atoms. The highest BCUT2D eigenvalue weighted by Crippen LogP contribution is 2.02. The molecule has 1 aromatic heterocycles. The van der Waals surface area contributed by atoms with Gasteiger partial charge in [-0.05, 0) is 6.42 Å². The summed E-state index contributed by atoms with van der Waals surface area (Å²) in [6.45, 7) is 0. The Bertz CT molecular complexity index is 895. The summed E-state index contributed by atoms with van der Waals surface area (Å²) < 4.78 is 0. The lowest BCUT2D eigenvalue weighted by molar-refractivity contribution is -0.143. The summed E-state index contributed by atoms with van der Waals surface area (Å²) >= 11 is 3.95. The van der Waals surface area contributed by atoms with Crippen molar-refractivity contribution in [1.29, 1.82) is 0 Å². The average Bonchev–Trinajstić information content (AvgIpc) is 3.26. The summed E-state index contributed by atoms with van der Waals surface area (Å²) in [5.41, 5.74) is 11.5. The Morgan fingerprint density at radius 3 is 2.09 bits per heavy atom. The maximum atomic E-state index is 12.7. The Balaban J connectivity index is 2.82. The first kappa shape index (κ1) is 28.4. The lowest BCUT2D eigenvalue weighted by atomic mass is 10.1. The fraction of sp³-hybridized carbons (Fsp3) is 0.500. The molecule has 4 unspecified atom stereocenters. The third kappa shape index (κ3) is 9.86. The summed E-state index contributed by atoms with van der Waals surface area (Å²) in [4.78, 5) is 77.4. The van der Waals surface area contributed by atoms with Gasteiger partial charge in [-0.25, -0.2) is 9.78 Å². The number of H-pyrrole nitrogens is 1. The maximum absolute atomic E-state index is 12.7. The van der Waals surface area contributed by atoms with Crippen molar-refractivity contribution in [2.75, 3.05) is 5.75 Å². The number of nitrogens with zero attached hydrogens (tertiary/aromatic N) is 1. The first-order chi connectivity index (χ1) is 15.9. The topological polar surface area (TPSA) is 260 Å². The van der Waals surface area contributed by atoms with Gasteiger partial charge < -0.3 is 42.6 Å².